The first-order valence-corrected chi connectivity index (χ1v) is 10.8. The molecule has 1 fully saturated rings. The Morgan fingerprint density at radius 3 is 2.15 bits per heavy atom. The Kier molecular flexibility index (Phi) is 6.41. The second-order valence-corrected chi connectivity index (χ2v) is 8.33. The number of Topliss-reactive ketones (excluding diaryl/α,β-unsaturated/α-hetero) is 1. The van der Waals surface area contributed by atoms with Gasteiger partial charge in [0.25, 0.3) is 11.7 Å². The van der Waals surface area contributed by atoms with Gasteiger partial charge in [0.1, 0.15) is 23.0 Å². The molecule has 0 radical (unpaired) electrons. The van der Waals surface area contributed by atoms with Gasteiger partial charge in [0, 0.05) is 15.7 Å². The number of methoxy groups -OCH3 is 2. The van der Waals surface area contributed by atoms with Gasteiger partial charge < -0.3 is 19.7 Å². The zero-order chi connectivity index (χ0) is 24.6. The maximum atomic E-state index is 13.3. The lowest BCUT2D eigenvalue weighted by molar-refractivity contribution is -0.132. The molecule has 2 N–H and O–H groups in total. The molecule has 0 aromatic heterocycles. The van der Waals surface area contributed by atoms with Gasteiger partial charge in [-0.25, -0.2) is 0 Å². The van der Waals surface area contributed by atoms with Gasteiger partial charge in [-0.15, -0.1) is 0 Å². The minimum Gasteiger partial charge on any atom is -0.508 e. The number of ketones is 1. The summed E-state index contributed by atoms with van der Waals surface area (Å²) in [6.45, 7) is 0. The number of rotatable bonds is 5. The van der Waals surface area contributed by atoms with Gasteiger partial charge in [-0.1, -0.05) is 35.3 Å². The molecule has 34 heavy (non-hydrogen) atoms. The minimum absolute atomic E-state index is 0.000895. The molecule has 174 valence electrons. The van der Waals surface area contributed by atoms with Gasteiger partial charge in [-0.2, -0.15) is 0 Å². The Morgan fingerprint density at radius 2 is 1.56 bits per heavy atom. The number of phenols is 1. The number of nitrogens with zero attached hydrogens (tertiary/aromatic N) is 1. The van der Waals surface area contributed by atoms with Crippen LogP contribution in [0.1, 0.15) is 17.2 Å². The van der Waals surface area contributed by atoms with E-state index in [0.29, 0.717) is 11.3 Å². The number of amides is 1. The Balaban J connectivity index is 2.00. The standard InChI is InChI=1S/C25H19Cl2NO6/c1-33-18-7-8-20(34-2)19(12-18)23(30)21-22(13-3-5-17(29)6-4-13)28(25(32)24(21)31)16-10-14(26)9-15(27)11-16/h3-12,22,29-30H,1-2H3/b23-21+. The van der Waals surface area contributed by atoms with Crippen LogP contribution in [0.2, 0.25) is 10.0 Å². The van der Waals surface area contributed by atoms with Crippen LogP contribution < -0.4 is 14.4 Å². The summed E-state index contributed by atoms with van der Waals surface area (Å²) in [5, 5.41) is 21.6. The zero-order valence-corrected chi connectivity index (χ0v) is 19.6. The van der Waals surface area contributed by atoms with E-state index in [-0.39, 0.29) is 38.4 Å². The second kappa shape index (κ2) is 9.29. The number of carbonyl (C=O) groups excluding carboxylic acids is 2. The van der Waals surface area contributed by atoms with E-state index in [9.17, 15) is 19.8 Å². The Morgan fingerprint density at radius 1 is 0.912 bits per heavy atom. The Bertz CT molecular complexity index is 1300. The van der Waals surface area contributed by atoms with Gasteiger partial charge in [0.05, 0.1) is 31.4 Å². The molecular weight excluding hydrogens is 481 g/mol. The number of aromatic hydroxyl groups is 1. The smallest absolute Gasteiger partial charge is 0.300 e. The summed E-state index contributed by atoms with van der Waals surface area (Å²) in [5.74, 6) is -1.53. The molecule has 0 spiro atoms. The fourth-order valence-corrected chi connectivity index (χ4v) is 4.41. The number of hydrogen-bond donors (Lipinski definition) is 2. The van der Waals surface area contributed by atoms with Crippen molar-refractivity contribution in [3.05, 3.63) is 87.4 Å². The van der Waals surface area contributed by atoms with Crippen molar-refractivity contribution in [3.63, 3.8) is 0 Å². The van der Waals surface area contributed by atoms with Crippen molar-refractivity contribution in [2.75, 3.05) is 19.1 Å². The third-order valence-electron chi connectivity index (χ3n) is 5.44. The largest absolute Gasteiger partial charge is 0.508 e. The van der Waals surface area contributed by atoms with Crippen LogP contribution in [0.3, 0.4) is 0 Å². The van der Waals surface area contributed by atoms with E-state index in [1.807, 2.05) is 0 Å². The third kappa shape index (κ3) is 4.16. The fourth-order valence-electron chi connectivity index (χ4n) is 3.89. The van der Waals surface area contributed by atoms with Crippen LogP contribution in [0.4, 0.5) is 5.69 Å². The number of aliphatic hydroxyl groups excluding tert-OH is 1. The molecule has 3 aromatic carbocycles. The molecule has 9 heteroatoms. The number of hydrogen-bond acceptors (Lipinski definition) is 6. The maximum Gasteiger partial charge on any atom is 0.300 e. The van der Waals surface area contributed by atoms with Gasteiger partial charge in [-0.05, 0) is 54.1 Å². The summed E-state index contributed by atoms with van der Waals surface area (Å²) in [7, 11) is 2.88. The first-order valence-electron chi connectivity index (χ1n) is 10.0. The molecule has 1 amide bonds. The van der Waals surface area contributed by atoms with Crippen LogP contribution in [0.25, 0.3) is 5.76 Å². The van der Waals surface area contributed by atoms with Crippen LogP contribution in [0, 0.1) is 0 Å². The number of phenolic OH excluding ortho intramolecular Hbond substituents is 1. The van der Waals surface area contributed by atoms with Crippen LogP contribution in [-0.2, 0) is 9.59 Å². The highest BCUT2D eigenvalue weighted by Crippen LogP contribution is 2.44. The van der Waals surface area contributed by atoms with E-state index >= 15 is 0 Å². The van der Waals surface area contributed by atoms with Crippen LogP contribution in [0.15, 0.2) is 66.2 Å². The summed E-state index contributed by atoms with van der Waals surface area (Å²) >= 11 is 12.3. The van der Waals surface area contributed by atoms with Gasteiger partial charge in [-0.3, -0.25) is 14.5 Å². The molecule has 0 saturated carbocycles. The van der Waals surface area contributed by atoms with Crippen LogP contribution in [0.5, 0.6) is 17.2 Å². The first kappa shape index (κ1) is 23.5. The van der Waals surface area contributed by atoms with Gasteiger partial charge in [0.2, 0.25) is 0 Å². The van der Waals surface area contributed by atoms with Gasteiger partial charge in [0.15, 0.2) is 0 Å². The average Bonchev–Trinajstić information content (AvgIpc) is 3.08. The highest BCUT2D eigenvalue weighted by Gasteiger charge is 2.47. The molecule has 1 unspecified atom stereocenters. The van der Waals surface area contributed by atoms with E-state index < -0.39 is 23.5 Å². The van der Waals surface area contributed by atoms with Crippen molar-refractivity contribution < 1.29 is 29.3 Å². The molecule has 1 aliphatic rings. The molecule has 0 aliphatic carbocycles. The lowest BCUT2D eigenvalue weighted by Gasteiger charge is -2.26. The van der Waals surface area contributed by atoms with Crippen molar-refractivity contribution in [2.24, 2.45) is 0 Å². The quantitative estimate of drug-likeness (QED) is 0.279. The molecule has 1 saturated heterocycles. The van der Waals surface area contributed by atoms with E-state index in [0.717, 1.165) is 0 Å². The van der Waals surface area contributed by atoms with E-state index in [1.165, 1.54) is 55.5 Å². The van der Waals surface area contributed by atoms with Crippen molar-refractivity contribution in [2.45, 2.75) is 6.04 Å². The Labute approximate surface area is 205 Å². The highest BCUT2D eigenvalue weighted by atomic mass is 35.5. The highest BCUT2D eigenvalue weighted by molar-refractivity contribution is 6.52. The summed E-state index contributed by atoms with van der Waals surface area (Å²) < 4.78 is 10.6. The van der Waals surface area contributed by atoms with Crippen LogP contribution >= 0.6 is 23.2 Å². The number of aliphatic hydroxyl groups is 1. The molecule has 0 bridgehead atoms. The van der Waals surface area contributed by atoms with Crippen molar-refractivity contribution in [3.8, 4) is 17.2 Å². The molecule has 1 atom stereocenters. The monoisotopic (exact) mass is 499 g/mol. The molecule has 3 aromatic rings. The number of benzene rings is 3. The van der Waals surface area contributed by atoms with E-state index in [4.69, 9.17) is 32.7 Å². The molecular formula is C25H19Cl2NO6. The number of anilines is 1. The summed E-state index contributed by atoms with van der Waals surface area (Å²) in [6, 6.07) is 14.1. The molecule has 1 heterocycles. The zero-order valence-electron chi connectivity index (χ0n) is 18.1. The van der Waals surface area contributed by atoms with Crippen LogP contribution in [-0.4, -0.2) is 36.1 Å². The Hall–Kier alpha value is -3.68. The maximum absolute atomic E-state index is 13.3. The van der Waals surface area contributed by atoms with Crippen molar-refractivity contribution >= 4 is 46.3 Å². The van der Waals surface area contributed by atoms with Gasteiger partial charge >= 0.3 is 0 Å². The second-order valence-electron chi connectivity index (χ2n) is 7.45. The number of halogens is 2. The van der Waals surface area contributed by atoms with E-state index in [2.05, 4.69) is 0 Å². The minimum atomic E-state index is -1.04. The average molecular weight is 500 g/mol. The predicted molar refractivity (Wildman–Crippen MR) is 129 cm³/mol. The number of ether oxygens (including phenoxy) is 2. The molecule has 7 nitrogen and oxygen atoms in total. The lowest BCUT2D eigenvalue weighted by atomic mass is 9.94. The van der Waals surface area contributed by atoms with Crippen molar-refractivity contribution in [1.82, 2.24) is 0 Å². The fraction of sp³-hybridized carbons (Fsp3) is 0.120. The number of carbonyl (C=O) groups is 2. The van der Waals surface area contributed by atoms with E-state index in [1.54, 1.807) is 24.3 Å². The molecule has 1 aliphatic heterocycles. The topological polar surface area (TPSA) is 96.3 Å². The first-order chi connectivity index (χ1) is 16.2. The predicted octanol–water partition coefficient (Wildman–Crippen LogP) is 5.34. The molecule has 4 rings (SSSR count). The SMILES string of the molecule is COc1ccc(OC)c(/C(O)=C2\C(=O)C(=O)N(c3cc(Cl)cc(Cl)c3)C2c2ccc(O)cc2)c1. The lowest BCUT2D eigenvalue weighted by Crippen LogP contribution is -2.29. The summed E-state index contributed by atoms with van der Waals surface area (Å²) in [6.07, 6.45) is 0. The summed E-state index contributed by atoms with van der Waals surface area (Å²) in [4.78, 5) is 27.7. The normalized spacial score (nSPS) is 17.2. The van der Waals surface area contributed by atoms with Crippen molar-refractivity contribution in [1.29, 1.82) is 0 Å². The summed E-state index contributed by atoms with van der Waals surface area (Å²) in [5.41, 5.74) is 0.747. The third-order valence-corrected chi connectivity index (χ3v) is 5.88.